The molecular weight excluding hydrogens is 460 g/mol. The number of nitrogens with zero attached hydrogens (tertiary/aromatic N) is 4. The van der Waals surface area contributed by atoms with Crippen LogP contribution >= 0.6 is 0 Å². The maximum absolute atomic E-state index is 6.57. The lowest BCUT2D eigenvalue weighted by molar-refractivity contribution is 0.466. The van der Waals surface area contributed by atoms with Gasteiger partial charge in [-0.3, -0.25) is 4.98 Å². The van der Waals surface area contributed by atoms with Gasteiger partial charge in [0.05, 0.1) is 17.0 Å². The summed E-state index contributed by atoms with van der Waals surface area (Å²) in [6.07, 6.45) is 7.58. The maximum atomic E-state index is 6.57. The highest BCUT2D eigenvalue weighted by Gasteiger charge is 2.17. The number of fused-ring (bicyclic) bond motifs is 1. The Balaban J connectivity index is 1.37. The Kier molecular flexibility index (Phi) is 6.44. The third kappa shape index (κ3) is 4.86. The van der Waals surface area contributed by atoms with Gasteiger partial charge in [0.15, 0.2) is 0 Å². The van der Waals surface area contributed by atoms with Crippen molar-refractivity contribution in [2.45, 2.75) is 25.8 Å². The molecule has 1 unspecified atom stereocenters. The Labute approximate surface area is 216 Å². The highest BCUT2D eigenvalue weighted by Crippen LogP contribution is 2.39. The quantitative estimate of drug-likeness (QED) is 0.302. The second kappa shape index (κ2) is 10.3. The highest BCUT2D eigenvalue weighted by atomic mass is 16.5. The molecule has 1 aliphatic heterocycles. The van der Waals surface area contributed by atoms with Crippen LogP contribution in [0.1, 0.15) is 18.4 Å². The average Bonchev–Trinajstić information content (AvgIpc) is 2.96. The topological polar surface area (TPSA) is 84.9 Å². The molecule has 7 heteroatoms. The van der Waals surface area contributed by atoms with Gasteiger partial charge in [-0.1, -0.05) is 36.4 Å². The summed E-state index contributed by atoms with van der Waals surface area (Å²) < 4.78 is 6.57. The minimum atomic E-state index is 0.320. The first kappa shape index (κ1) is 23.1. The van der Waals surface area contributed by atoms with Crippen molar-refractivity contribution in [2.75, 3.05) is 18.4 Å². The van der Waals surface area contributed by atoms with E-state index in [1.54, 1.807) is 12.4 Å². The van der Waals surface area contributed by atoms with E-state index < -0.39 is 0 Å². The molecule has 1 aliphatic rings. The molecule has 0 amide bonds. The molecule has 3 aromatic heterocycles. The first-order valence-electron chi connectivity index (χ1n) is 12.6. The number of aromatic nitrogens is 4. The fourth-order valence-electron chi connectivity index (χ4n) is 4.82. The summed E-state index contributed by atoms with van der Waals surface area (Å²) in [6.45, 7) is 4.03. The summed E-state index contributed by atoms with van der Waals surface area (Å²) in [5.41, 5.74) is 4.59. The minimum absolute atomic E-state index is 0.320. The zero-order chi connectivity index (χ0) is 25.0. The lowest BCUT2D eigenvalue weighted by Gasteiger charge is -2.23. The molecule has 2 aromatic carbocycles. The van der Waals surface area contributed by atoms with Crippen molar-refractivity contribution in [1.29, 1.82) is 0 Å². The summed E-state index contributed by atoms with van der Waals surface area (Å²) >= 11 is 0. The molecule has 1 atom stereocenters. The van der Waals surface area contributed by atoms with Crippen molar-refractivity contribution in [2.24, 2.45) is 0 Å². The number of nitrogens with one attached hydrogen (secondary N) is 2. The predicted octanol–water partition coefficient (Wildman–Crippen LogP) is 6.02. The molecule has 6 rings (SSSR count). The van der Waals surface area contributed by atoms with Gasteiger partial charge in [0.2, 0.25) is 11.8 Å². The van der Waals surface area contributed by atoms with Crippen molar-refractivity contribution >= 4 is 16.7 Å². The molecular formula is C30H28N6O. The van der Waals surface area contributed by atoms with Gasteiger partial charge in [0.25, 0.3) is 0 Å². The van der Waals surface area contributed by atoms with Crippen molar-refractivity contribution < 1.29 is 4.74 Å². The molecule has 0 bridgehead atoms. The standard InChI is InChI=1S/C30H28N6O/c1-20-12-13-22-23(26-11-2-3-16-32-26)8-4-9-24(22)28(20)37-29-25(10-6-17-33-29)27-14-18-34-30(36-27)35-21-7-5-15-31-19-21/h2-4,6,8-14,16-18,21,31H,5,7,15,19H2,1H3,(H,34,35,36). The number of rotatable bonds is 6. The SMILES string of the molecule is Cc1ccc2c(-c3ccccn3)cccc2c1Oc1ncccc1-c1ccnc(NC2CCCNC2)n1. The van der Waals surface area contributed by atoms with Gasteiger partial charge in [-0.25, -0.2) is 15.0 Å². The number of benzene rings is 2. The molecule has 4 heterocycles. The van der Waals surface area contributed by atoms with Gasteiger partial charge < -0.3 is 15.4 Å². The Morgan fingerprint density at radius 1 is 0.811 bits per heavy atom. The van der Waals surface area contributed by atoms with Crippen molar-refractivity contribution in [3.63, 3.8) is 0 Å². The van der Waals surface area contributed by atoms with Crippen LogP contribution in [0, 0.1) is 6.92 Å². The van der Waals surface area contributed by atoms with Crippen molar-refractivity contribution in [3.8, 4) is 34.1 Å². The number of pyridine rings is 2. The smallest absolute Gasteiger partial charge is 0.228 e. The normalized spacial score (nSPS) is 15.4. The fraction of sp³-hybridized carbons (Fsp3) is 0.200. The monoisotopic (exact) mass is 488 g/mol. The highest BCUT2D eigenvalue weighted by molar-refractivity contribution is 6.00. The second-order valence-corrected chi connectivity index (χ2v) is 9.24. The van der Waals surface area contributed by atoms with E-state index in [1.807, 2.05) is 48.7 Å². The van der Waals surface area contributed by atoms with E-state index in [9.17, 15) is 0 Å². The van der Waals surface area contributed by atoms with Crippen LogP contribution in [0.4, 0.5) is 5.95 Å². The third-order valence-corrected chi connectivity index (χ3v) is 6.68. The Morgan fingerprint density at radius 3 is 2.59 bits per heavy atom. The number of hydrogen-bond acceptors (Lipinski definition) is 7. The largest absolute Gasteiger partial charge is 0.437 e. The lowest BCUT2D eigenvalue weighted by Crippen LogP contribution is -2.38. The first-order valence-corrected chi connectivity index (χ1v) is 12.6. The van der Waals surface area contributed by atoms with Gasteiger partial charge >= 0.3 is 0 Å². The predicted molar refractivity (Wildman–Crippen MR) is 147 cm³/mol. The molecule has 2 N–H and O–H groups in total. The van der Waals surface area contributed by atoms with Crippen LogP contribution in [0.3, 0.4) is 0 Å². The summed E-state index contributed by atoms with van der Waals surface area (Å²) in [4.78, 5) is 18.4. The molecule has 5 aromatic rings. The Hall–Kier alpha value is -4.36. The van der Waals surface area contributed by atoms with Gasteiger partial charge in [0.1, 0.15) is 5.75 Å². The van der Waals surface area contributed by atoms with Crippen LogP contribution in [0.5, 0.6) is 11.6 Å². The lowest BCUT2D eigenvalue weighted by atomic mass is 9.99. The maximum Gasteiger partial charge on any atom is 0.228 e. The zero-order valence-corrected chi connectivity index (χ0v) is 20.7. The molecule has 37 heavy (non-hydrogen) atoms. The molecule has 0 aliphatic carbocycles. The van der Waals surface area contributed by atoms with E-state index in [4.69, 9.17) is 9.72 Å². The summed E-state index contributed by atoms with van der Waals surface area (Å²) in [5, 5.41) is 8.97. The molecule has 1 fully saturated rings. The molecule has 1 saturated heterocycles. The van der Waals surface area contributed by atoms with E-state index in [2.05, 4.69) is 56.8 Å². The second-order valence-electron chi connectivity index (χ2n) is 9.24. The van der Waals surface area contributed by atoms with E-state index in [0.717, 1.165) is 70.5 Å². The van der Waals surface area contributed by atoms with Gasteiger partial charge in [0, 0.05) is 42.1 Å². The van der Waals surface area contributed by atoms with Gasteiger partial charge in [-0.2, -0.15) is 0 Å². The number of aryl methyl sites for hydroxylation is 1. The Morgan fingerprint density at radius 2 is 1.73 bits per heavy atom. The van der Waals surface area contributed by atoms with Gasteiger partial charge in [-0.05, 0) is 67.6 Å². The van der Waals surface area contributed by atoms with Crippen LogP contribution in [0.15, 0.2) is 85.3 Å². The number of hydrogen-bond donors (Lipinski definition) is 2. The Bertz CT molecular complexity index is 1530. The number of anilines is 1. The van der Waals surface area contributed by atoms with Crippen LogP contribution < -0.4 is 15.4 Å². The van der Waals surface area contributed by atoms with Crippen LogP contribution in [0.25, 0.3) is 33.3 Å². The van der Waals surface area contributed by atoms with Crippen molar-refractivity contribution in [1.82, 2.24) is 25.3 Å². The molecule has 0 saturated carbocycles. The number of piperidine rings is 1. The average molecular weight is 489 g/mol. The van der Waals surface area contributed by atoms with Crippen LogP contribution in [-0.2, 0) is 0 Å². The molecule has 0 spiro atoms. The third-order valence-electron chi connectivity index (χ3n) is 6.68. The van der Waals surface area contributed by atoms with E-state index in [0.29, 0.717) is 17.9 Å². The zero-order valence-electron chi connectivity index (χ0n) is 20.7. The molecule has 184 valence electrons. The molecule has 7 nitrogen and oxygen atoms in total. The van der Waals surface area contributed by atoms with Crippen LogP contribution in [-0.4, -0.2) is 39.1 Å². The van der Waals surface area contributed by atoms with E-state index >= 15 is 0 Å². The fourth-order valence-corrected chi connectivity index (χ4v) is 4.82. The van der Waals surface area contributed by atoms with Gasteiger partial charge in [-0.15, -0.1) is 0 Å². The van der Waals surface area contributed by atoms with E-state index in [1.165, 1.54) is 0 Å². The summed E-state index contributed by atoms with van der Waals surface area (Å²) in [7, 11) is 0. The summed E-state index contributed by atoms with van der Waals surface area (Å²) in [6, 6.07) is 22.5. The number of ether oxygens (including phenoxy) is 1. The van der Waals surface area contributed by atoms with E-state index in [-0.39, 0.29) is 0 Å². The minimum Gasteiger partial charge on any atom is -0.437 e. The van der Waals surface area contributed by atoms with Crippen LogP contribution in [0.2, 0.25) is 0 Å². The van der Waals surface area contributed by atoms with Crippen molar-refractivity contribution in [3.05, 3.63) is 90.9 Å². The first-order chi connectivity index (χ1) is 18.3. The summed E-state index contributed by atoms with van der Waals surface area (Å²) in [5.74, 6) is 1.89. The molecule has 0 radical (unpaired) electrons.